The SMILES string of the molecule is COc1ccc2n(C)c(=O)cc-2n1C. The van der Waals surface area contributed by atoms with Crippen molar-refractivity contribution in [3.8, 4) is 17.3 Å². The lowest BCUT2D eigenvalue weighted by Crippen LogP contribution is -2.09. The molecule has 14 heavy (non-hydrogen) atoms. The summed E-state index contributed by atoms with van der Waals surface area (Å²) in [7, 11) is 5.25. The maximum atomic E-state index is 11.4. The minimum Gasteiger partial charge on any atom is -0.482 e. The molecular weight excluding hydrogens is 180 g/mol. The highest BCUT2D eigenvalue weighted by Crippen LogP contribution is 2.24. The lowest BCUT2D eigenvalue weighted by Gasteiger charge is -2.12. The van der Waals surface area contributed by atoms with E-state index in [2.05, 4.69) is 0 Å². The van der Waals surface area contributed by atoms with Crippen LogP contribution in [0.1, 0.15) is 0 Å². The summed E-state index contributed by atoms with van der Waals surface area (Å²) in [5.74, 6) is 0.739. The highest BCUT2D eigenvalue weighted by Gasteiger charge is 2.13. The molecule has 0 unspecified atom stereocenters. The number of ether oxygens (including phenoxy) is 1. The Kier molecular flexibility index (Phi) is 1.84. The third-order valence-corrected chi connectivity index (χ3v) is 2.50. The molecule has 0 atom stereocenters. The number of hydrogen-bond donors (Lipinski definition) is 0. The lowest BCUT2D eigenvalue weighted by atomic mass is 10.3. The molecule has 0 amide bonds. The summed E-state index contributed by atoms with van der Waals surface area (Å²) in [5.41, 5.74) is 1.80. The molecule has 0 radical (unpaired) electrons. The third kappa shape index (κ3) is 1.04. The largest absolute Gasteiger partial charge is 0.482 e. The minimum absolute atomic E-state index is 0.00357. The van der Waals surface area contributed by atoms with Crippen molar-refractivity contribution < 1.29 is 4.74 Å². The standard InChI is InChI=1S/C10H12N2O2/c1-11-7-4-5-10(14-3)12(2)8(7)6-9(11)13/h4-6H,1-3H3. The van der Waals surface area contributed by atoms with Crippen LogP contribution in [0.4, 0.5) is 0 Å². The first-order valence-corrected chi connectivity index (χ1v) is 4.34. The number of nitrogens with zero attached hydrogens (tertiary/aromatic N) is 2. The summed E-state index contributed by atoms with van der Waals surface area (Å²) in [6, 6.07) is 5.34. The second-order valence-corrected chi connectivity index (χ2v) is 3.25. The Balaban J connectivity index is 2.83. The highest BCUT2D eigenvalue weighted by molar-refractivity contribution is 5.59. The predicted octanol–water partition coefficient (Wildman–Crippen LogP) is 0.837. The van der Waals surface area contributed by atoms with E-state index in [0.717, 1.165) is 17.3 Å². The van der Waals surface area contributed by atoms with Crippen molar-refractivity contribution >= 4 is 0 Å². The summed E-state index contributed by atoms with van der Waals surface area (Å²) in [6.45, 7) is 0. The number of pyridine rings is 1. The van der Waals surface area contributed by atoms with Crippen LogP contribution in [-0.4, -0.2) is 16.2 Å². The van der Waals surface area contributed by atoms with Crippen LogP contribution in [0.5, 0.6) is 5.88 Å². The minimum atomic E-state index is 0.00357. The summed E-state index contributed by atoms with van der Waals surface area (Å²) in [4.78, 5) is 11.4. The van der Waals surface area contributed by atoms with Crippen molar-refractivity contribution in [2.45, 2.75) is 0 Å². The summed E-state index contributed by atoms with van der Waals surface area (Å²) < 4.78 is 8.63. The van der Waals surface area contributed by atoms with Gasteiger partial charge in [-0.25, -0.2) is 0 Å². The van der Waals surface area contributed by atoms with E-state index >= 15 is 0 Å². The maximum Gasteiger partial charge on any atom is 0.252 e. The Morgan fingerprint density at radius 1 is 1.14 bits per heavy atom. The highest BCUT2D eigenvalue weighted by atomic mass is 16.5. The monoisotopic (exact) mass is 192 g/mol. The van der Waals surface area contributed by atoms with E-state index in [1.807, 2.05) is 23.7 Å². The molecule has 2 rings (SSSR count). The average Bonchev–Trinajstić information content (AvgIpc) is 2.46. The molecule has 0 spiro atoms. The normalized spacial score (nSPS) is 10.8. The van der Waals surface area contributed by atoms with E-state index in [-0.39, 0.29) is 5.56 Å². The van der Waals surface area contributed by atoms with Crippen LogP contribution >= 0.6 is 0 Å². The zero-order valence-corrected chi connectivity index (χ0v) is 8.44. The first-order valence-electron chi connectivity index (χ1n) is 4.34. The van der Waals surface area contributed by atoms with Gasteiger partial charge < -0.3 is 13.9 Å². The molecule has 0 aromatic carbocycles. The van der Waals surface area contributed by atoms with Gasteiger partial charge in [0.2, 0.25) is 0 Å². The Bertz CT molecular complexity index is 496. The molecule has 0 saturated heterocycles. The van der Waals surface area contributed by atoms with E-state index in [1.54, 1.807) is 24.8 Å². The summed E-state index contributed by atoms with van der Waals surface area (Å²) in [5, 5.41) is 0. The Morgan fingerprint density at radius 3 is 2.50 bits per heavy atom. The molecule has 0 aromatic heterocycles. The number of methoxy groups -OCH3 is 1. The molecule has 0 fully saturated rings. The van der Waals surface area contributed by atoms with E-state index in [0.29, 0.717) is 0 Å². The van der Waals surface area contributed by atoms with Gasteiger partial charge >= 0.3 is 0 Å². The smallest absolute Gasteiger partial charge is 0.252 e. The zero-order valence-electron chi connectivity index (χ0n) is 8.44. The summed E-state index contributed by atoms with van der Waals surface area (Å²) in [6.07, 6.45) is 0. The van der Waals surface area contributed by atoms with E-state index < -0.39 is 0 Å². The van der Waals surface area contributed by atoms with Crippen molar-refractivity contribution in [3.05, 3.63) is 28.6 Å². The molecule has 0 aliphatic carbocycles. The fourth-order valence-corrected chi connectivity index (χ4v) is 1.63. The molecule has 0 saturated carbocycles. The lowest BCUT2D eigenvalue weighted by molar-refractivity contribution is 0.379. The second kappa shape index (κ2) is 2.90. The fourth-order valence-electron chi connectivity index (χ4n) is 1.63. The molecule has 4 nitrogen and oxygen atoms in total. The molecule has 0 bridgehead atoms. The Hall–Kier alpha value is -1.71. The van der Waals surface area contributed by atoms with Gasteiger partial charge in [0.25, 0.3) is 5.56 Å². The van der Waals surface area contributed by atoms with Gasteiger partial charge in [0, 0.05) is 26.2 Å². The summed E-state index contributed by atoms with van der Waals surface area (Å²) >= 11 is 0. The second-order valence-electron chi connectivity index (χ2n) is 3.25. The molecule has 74 valence electrons. The quantitative estimate of drug-likeness (QED) is 0.671. The van der Waals surface area contributed by atoms with E-state index in [9.17, 15) is 4.79 Å². The van der Waals surface area contributed by atoms with Crippen LogP contribution in [0.25, 0.3) is 11.4 Å². The van der Waals surface area contributed by atoms with Crippen LogP contribution < -0.4 is 10.3 Å². The molecule has 2 heterocycles. The van der Waals surface area contributed by atoms with Gasteiger partial charge in [-0.1, -0.05) is 0 Å². The number of hydrogen-bond acceptors (Lipinski definition) is 2. The van der Waals surface area contributed by atoms with Crippen LogP contribution in [0, 0.1) is 0 Å². The Labute approximate surface area is 81.7 Å². The fraction of sp³-hybridized carbons (Fsp3) is 0.300. The predicted molar refractivity (Wildman–Crippen MR) is 53.8 cm³/mol. The van der Waals surface area contributed by atoms with Crippen molar-refractivity contribution in [1.82, 2.24) is 9.13 Å². The molecule has 0 aromatic rings. The molecular formula is C10H12N2O2. The van der Waals surface area contributed by atoms with Gasteiger partial charge in [-0.05, 0) is 6.07 Å². The molecule has 4 heteroatoms. The third-order valence-electron chi connectivity index (χ3n) is 2.50. The zero-order chi connectivity index (χ0) is 10.3. The Morgan fingerprint density at radius 2 is 1.86 bits per heavy atom. The van der Waals surface area contributed by atoms with E-state index in [1.165, 1.54) is 0 Å². The van der Waals surface area contributed by atoms with Crippen LogP contribution in [-0.2, 0) is 14.1 Å². The van der Waals surface area contributed by atoms with Gasteiger partial charge in [-0.3, -0.25) is 4.79 Å². The molecule has 2 aliphatic heterocycles. The van der Waals surface area contributed by atoms with Crippen LogP contribution in [0.3, 0.4) is 0 Å². The van der Waals surface area contributed by atoms with Gasteiger partial charge in [0.15, 0.2) is 5.88 Å². The maximum absolute atomic E-state index is 11.4. The molecule has 2 aliphatic rings. The number of rotatable bonds is 1. The van der Waals surface area contributed by atoms with Crippen molar-refractivity contribution in [3.63, 3.8) is 0 Å². The first-order chi connectivity index (χ1) is 6.65. The van der Waals surface area contributed by atoms with Crippen molar-refractivity contribution in [2.24, 2.45) is 14.1 Å². The van der Waals surface area contributed by atoms with Crippen LogP contribution in [0.2, 0.25) is 0 Å². The first kappa shape index (κ1) is 8.87. The number of fused-ring (bicyclic) bond motifs is 1. The average molecular weight is 192 g/mol. The number of aromatic nitrogens is 2. The molecule has 0 N–H and O–H groups in total. The van der Waals surface area contributed by atoms with Gasteiger partial charge in [0.05, 0.1) is 18.5 Å². The van der Waals surface area contributed by atoms with Gasteiger partial charge in [-0.15, -0.1) is 0 Å². The van der Waals surface area contributed by atoms with Gasteiger partial charge in [0.1, 0.15) is 0 Å². The van der Waals surface area contributed by atoms with Crippen LogP contribution in [0.15, 0.2) is 23.0 Å². The van der Waals surface area contributed by atoms with Crippen molar-refractivity contribution in [1.29, 1.82) is 0 Å². The topological polar surface area (TPSA) is 36.2 Å². The van der Waals surface area contributed by atoms with Gasteiger partial charge in [-0.2, -0.15) is 0 Å². The van der Waals surface area contributed by atoms with Crippen molar-refractivity contribution in [2.75, 3.05) is 7.11 Å². The van der Waals surface area contributed by atoms with E-state index in [4.69, 9.17) is 4.74 Å².